The average molecular weight is 415 g/mol. The lowest BCUT2D eigenvalue weighted by atomic mass is 10.0. The normalized spacial score (nSPS) is 17.3. The molecule has 7 heteroatoms. The number of likely N-dealkylation sites (tertiary alicyclic amines) is 1. The number of hydrogen-bond acceptors (Lipinski definition) is 4. The van der Waals surface area contributed by atoms with Crippen LogP contribution in [-0.4, -0.2) is 46.5 Å². The number of allylic oxidation sites excluding steroid dienone is 1. The van der Waals surface area contributed by atoms with Crippen LogP contribution < -0.4 is 10.9 Å². The Kier molecular flexibility index (Phi) is 7.39. The van der Waals surface area contributed by atoms with Crippen molar-refractivity contribution in [3.05, 3.63) is 51.5 Å². The molecule has 1 aliphatic heterocycles. The lowest BCUT2D eigenvalue weighted by molar-refractivity contribution is 0.0952. The maximum atomic E-state index is 12.5. The predicted octanol–water partition coefficient (Wildman–Crippen LogP) is 3.49. The largest absolute Gasteiger partial charge is 0.352 e. The fourth-order valence-corrected chi connectivity index (χ4v) is 4.21. The zero-order valence-corrected chi connectivity index (χ0v) is 17.9. The number of carbonyl (C=O) groups is 1. The van der Waals surface area contributed by atoms with Crippen LogP contribution in [0.5, 0.6) is 0 Å². The number of aromatic amines is 1. The molecule has 1 aliphatic rings. The van der Waals surface area contributed by atoms with Gasteiger partial charge in [-0.25, -0.2) is 0 Å². The summed E-state index contributed by atoms with van der Waals surface area (Å²) in [7, 11) is 0. The highest BCUT2D eigenvalue weighted by Crippen LogP contribution is 2.15. The number of nitrogens with zero attached hydrogens (tertiary/aromatic N) is 2. The molecule has 3 rings (SSSR count). The Morgan fingerprint density at radius 1 is 1.41 bits per heavy atom. The van der Waals surface area contributed by atoms with Crippen LogP contribution in [0.1, 0.15) is 43.0 Å². The second-order valence-corrected chi connectivity index (χ2v) is 8.29. The summed E-state index contributed by atoms with van der Waals surface area (Å²) in [6.45, 7) is 10.5. The van der Waals surface area contributed by atoms with Crippen molar-refractivity contribution in [3.8, 4) is 0 Å². The number of benzene rings is 1. The maximum Gasteiger partial charge on any atom is 0.262 e. The van der Waals surface area contributed by atoms with Gasteiger partial charge in [0.25, 0.3) is 11.5 Å². The molecule has 1 unspecified atom stereocenters. The van der Waals surface area contributed by atoms with Crippen LogP contribution >= 0.6 is 12.2 Å². The molecule has 2 N–H and O–H groups in total. The van der Waals surface area contributed by atoms with Crippen LogP contribution in [0, 0.1) is 10.7 Å². The Labute approximate surface area is 176 Å². The molecule has 0 aliphatic carbocycles. The quantitative estimate of drug-likeness (QED) is 0.394. The summed E-state index contributed by atoms with van der Waals surface area (Å²) in [4.78, 5) is 30.6. The Bertz CT molecular complexity index is 994. The molecule has 2 heterocycles. The highest BCUT2D eigenvalue weighted by Gasteiger charge is 2.15. The number of fused-ring (bicyclic) bond motifs is 1. The molecule has 1 aromatic carbocycles. The number of unbranched alkanes of at least 4 members (excludes halogenated alkanes) is 1. The molecule has 0 radical (unpaired) electrons. The van der Waals surface area contributed by atoms with Crippen LogP contribution in [0.2, 0.25) is 0 Å². The number of H-pyrrole nitrogens is 1. The Balaban J connectivity index is 1.55. The van der Waals surface area contributed by atoms with Crippen molar-refractivity contribution < 1.29 is 4.79 Å². The highest BCUT2D eigenvalue weighted by molar-refractivity contribution is 7.71. The van der Waals surface area contributed by atoms with Crippen LogP contribution in [0.15, 0.2) is 35.6 Å². The summed E-state index contributed by atoms with van der Waals surface area (Å²) in [5, 5.41) is 3.48. The molecule has 1 aromatic heterocycles. The first-order valence-corrected chi connectivity index (χ1v) is 10.8. The third kappa shape index (κ3) is 5.42. The second-order valence-electron chi connectivity index (χ2n) is 7.91. The maximum absolute atomic E-state index is 12.5. The van der Waals surface area contributed by atoms with Gasteiger partial charge >= 0.3 is 0 Å². The lowest BCUT2D eigenvalue weighted by Crippen LogP contribution is -2.35. The molecule has 1 fully saturated rings. The minimum absolute atomic E-state index is 0.131. The molecule has 0 spiro atoms. The van der Waals surface area contributed by atoms with Gasteiger partial charge in [0.05, 0.1) is 10.9 Å². The van der Waals surface area contributed by atoms with E-state index in [1.165, 1.54) is 30.5 Å². The zero-order valence-electron chi connectivity index (χ0n) is 17.1. The standard InChI is InChI=1S/C22H30N4O2S/c1-3-11-26-21(28)18-9-8-17(14-19(18)24-22(26)29)20(27)23-10-4-5-12-25-13-6-7-16(2)15-25/h3,8-9,14,16H,1,4-7,10-13,15H2,2H3,(H,23,27)(H,24,29). The molecule has 1 atom stereocenters. The van der Waals surface area contributed by atoms with E-state index in [1.54, 1.807) is 24.3 Å². The average Bonchev–Trinajstić information content (AvgIpc) is 2.70. The van der Waals surface area contributed by atoms with Crippen molar-refractivity contribution in [2.75, 3.05) is 26.2 Å². The first-order chi connectivity index (χ1) is 14.0. The Morgan fingerprint density at radius 2 is 2.24 bits per heavy atom. The summed E-state index contributed by atoms with van der Waals surface area (Å²) in [5.41, 5.74) is 0.920. The summed E-state index contributed by atoms with van der Waals surface area (Å²) in [6.07, 6.45) is 6.30. The van der Waals surface area contributed by atoms with E-state index in [9.17, 15) is 9.59 Å². The molecular weight excluding hydrogens is 384 g/mol. The van der Waals surface area contributed by atoms with Crippen molar-refractivity contribution in [1.29, 1.82) is 0 Å². The SMILES string of the molecule is C=CCn1c(=S)[nH]c2cc(C(=O)NCCCCN3CCCC(C)C3)ccc2c1=O. The number of piperidine rings is 1. The van der Waals surface area contributed by atoms with Gasteiger partial charge in [-0.05, 0) is 75.1 Å². The predicted molar refractivity (Wildman–Crippen MR) is 120 cm³/mol. The number of carbonyl (C=O) groups excluding carboxylic acids is 1. The second kappa shape index (κ2) is 9.98. The van der Waals surface area contributed by atoms with Gasteiger partial charge < -0.3 is 15.2 Å². The molecule has 0 bridgehead atoms. The van der Waals surface area contributed by atoms with Gasteiger partial charge in [-0.15, -0.1) is 6.58 Å². The van der Waals surface area contributed by atoms with Crippen LogP contribution in [0.3, 0.4) is 0 Å². The van der Waals surface area contributed by atoms with Crippen molar-refractivity contribution in [1.82, 2.24) is 19.8 Å². The van der Waals surface area contributed by atoms with E-state index < -0.39 is 0 Å². The van der Waals surface area contributed by atoms with E-state index in [2.05, 4.69) is 28.7 Å². The van der Waals surface area contributed by atoms with Gasteiger partial charge in [0, 0.05) is 25.2 Å². The summed E-state index contributed by atoms with van der Waals surface area (Å²) in [6, 6.07) is 5.05. The van der Waals surface area contributed by atoms with Gasteiger partial charge in [0.1, 0.15) is 0 Å². The fraction of sp³-hybridized carbons (Fsp3) is 0.500. The number of aromatic nitrogens is 2. The van der Waals surface area contributed by atoms with E-state index in [0.29, 0.717) is 34.3 Å². The minimum Gasteiger partial charge on any atom is -0.352 e. The summed E-state index contributed by atoms with van der Waals surface area (Å²) < 4.78 is 1.78. The molecule has 1 amide bonds. The van der Waals surface area contributed by atoms with Crippen molar-refractivity contribution in [2.45, 2.75) is 39.2 Å². The third-order valence-electron chi connectivity index (χ3n) is 5.48. The molecule has 1 saturated heterocycles. The van der Waals surface area contributed by atoms with Crippen molar-refractivity contribution >= 4 is 29.0 Å². The van der Waals surface area contributed by atoms with E-state index in [-0.39, 0.29) is 11.5 Å². The van der Waals surface area contributed by atoms with Crippen LogP contribution in [-0.2, 0) is 6.54 Å². The Hall–Kier alpha value is -2.25. The first kappa shape index (κ1) is 21.5. The highest BCUT2D eigenvalue weighted by atomic mass is 32.1. The van der Waals surface area contributed by atoms with Crippen LogP contribution in [0.25, 0.3) is 10.9 Å². The van der Waals surface area contributed by atoms with E-state index in [4.69, 9.17) is 12.2 Å². The van der Waals surface area contributed by atoms with Gasteiger partial charge in [-0.2, -0.15) is 0 Å². The Morgan fingerprint density at radius 3 is 3.00 bits per heavy atom. The zero-order chi connectivity index (χ0) is 20.8. The van der Waals surface area contributed by atoms with E-state index >= 15 is 0 Å². The summed E-state index contributed by atoms with van der Waals surface area (Å²) in [5.74, 6) is 0.665. The fourth-order valence-electron chi connectivity index (χ4n) is 3.94. The van der Waals surface area contributed by atoms with E-state index in [0.717, 1.165) is 25.3 Å². The molecule has 156 valence electrons. The molecule has 2 aromatic rings. The lowest BCUT2D eigenvalue weighted by Gasteiger charge is -2.30. The molecule has 0 saturated carbocycles. The van der Waals surface area contributed by atoms with Gasteiger partial charge in [0.15, 0.2) is 4.77 Å². The number of nitrogens with one attached hydrogen (secondary N) is 2. The topological polar surface area (TPSA) is 70.1 Å². The number of amides is 1. The number of rotatable bonds is 8. The smallest absolute Gasteiger partial charge is 0.262 e. The van der Waals surface area contributed by atoms with Crippen molar-refractivity contribution in [3.63, 3.8) is 0 Å². The number of hydrogen-bond donors (Lipinski definition) is 2. The van der Waals surface area contributed by atoms with Crippen LogP contribution in [0.4, 0.5) is 0 Å². The van der Waals surface area contributed by atoms with E-state index in [1.807, 2.05) is 0 Å². The minimum atomic E-state index is -0.178. The molecular formula is C22H30N4O2S. The van der Waals surface area contributed by atoms with Gasteiger partial charge in [0.2, 0.25) is 0 Å². The van der Waals surface area contributed by atoms with Gasteiger partial charge in [-0.3, -0.25) is 14.2 Å². The van der Waals surface area contributed by atoms with Gasteiger partial charge in [-0.1, -0.05) is 13.0 Å². The van der Waals surface area contributed by atoms with Crippen molar-refractivity contribution in [2.24, 2.45) is 5.92 Å². The molecule has 6 nitrogen and oxygen atoms in total. The molecule has 29 heavy (non-hydrogen) atoms. The summed E-state index contributed by atoms with van der Waals surface area (Å²) >= 11 is 5.26. The first-order valence-electron chi connectivity index (χ1n) is 10.4. The monoisotopic (exact) mass is 414 g/mol. The third-order valence-corrected chi connectivity index (χ3v) is 5.81.